The van der Waals surface area contributed by atoms with Crippen LogP contribution in [0.1, 0.15) is 46.0 Å². The van der Waals surface area contributed by atoms with E-state index in [1.165, 1.54) is 0 Å². The van der Waals surface area contributed by atoms with Crippen molar-refractivity contribution in [2.24, 2.45) is 0 Å². The molecule has 0 aromatic carbocycles. The number of sulfonamides is 1. The monoisotopic (exact) mass is 250 g/mol. The van der Waals surface area contributed by atoms with Crippen molar-refractivity contribution < 1.29 is 8.42 Å². The van der Waals surface area contributed by atoms with Gasteiger partial charge in [-0.15, -0.1) is 0 Å². The minimum atomic E-state index is -3.11. The highest BCUT2D eigenvalue weighted by Gasteiger charge is 2.16. The van der Waals surface area contributed by atoms with Crippen LogP contribution in [0.25, 0.3) is 0 Å². The molecule has 0 saturated heterocycles. The number of nitrogens with one attached hydrogen (secondary N) is 2. The zero-order chi connectivity index (χ0) is 12.4. The van der Waals surface area contributed by atoms with Crippen molar-refractivity contribution in [3.63, 3.8) is 0 Å². The first-order valence-electron chi connectivity index (χ1n) is 6.20. The summed E-state index contributed by atoms with van der Waals surface area (Å²) in [6.45, 7) is 4.71. The van der Waals surface area contributed by atoms with Crippen LogP contribution in [-0.2, 0) is 10.0 Å². The molecule has 5 heteroatoms. The van der Waals surface area contributed by atoms with Gasteiger partial charge in [-0.25, -0.2) is 13.1 Å². The third-order valence-electron chi connectivity index (χ3n) is 2.51. The molecule has 0 aromatic heterocycles. The fourth-order valence-corrected chi connectivity index (χ4v) is 2.94. The van der Waals surface area contributed by atoms with Gasteiger partial charge >= 0.3 is 0 Å². The lowest BCUT2D eigenvalue weighted by Gasteiger charge is -2.17. The fourth-order valence-electron chi connectivity index (χ4n) is 1.61. The molecule has 0 amide bonds. The molecular formula is C11H26N2O2S. The molecule has 4 nitrogen and oxygen atoms in total. The van der Waals surface area contributed by atoms with Gasteiger partial charge in [0, 0.05) is 12.6 Å². The van der Waals surface area contributed by atoms with E-state index in [4.69, 9.17) is 0 Å². The highest BCUT2D eigenvalue weighted by Crippen LogP contribution is 2.08. The minimum Gasteiger partial charge on any atom is -0.319 e. The third kappa shape index (κ3) is 8.07. The van der Waals surface area contributed by atoms with E-state index in [-0.39, 0.29) is 11.8 Å². The van der Waals surface area contributed by atoms with Gasteiger partial charge in [0.1, 0.15) is 0 Å². The summed E-state index contributed by atoms with van der Waals surface area (Å²) in [6, 6.07) is 0.117. The van der Waals surface area contributed by atoms with Gasteiger partial charge in [0.15, 0.2) is 0 Å². The van der Waals surface area contributed by atoms with Crippen LogP contribution in [0, 0.1) is 0 Å². The maximum atomic E-state index is 11.7. The van der Waals surface area contributed by atoms with E-state index >= 15 is 0 Å². The van der Waals surface area contributed by atoms with Gasteiger partial charge in [0.25, 0.3) is 0 Å². The van der Waals surface area contributed by atoms with Crippen molar-refractivity contribution in [1.29, 1.82) is 0 Å². The topological polar surface area (TPSA) is 58.2 Å². The van der Waals surface area contributed by atoms with Crippen molar-refractivity contribution in [2.45, 2.75) is 52.0 Å². The Bertz CT molecular complexity index is 253. The number of rotatable bonds is 10. The summed E-state index contributed by atoms with van der Waals surface area (Å²) < 4.78 is 26.2. The second-order valence-electron chi connectivity index (χ2n) is 4.17. The first-order valence-corrected chi connectivity index (χ1v) is 7.85. The zero-order valence-corrected chi connectivity index (χ0v) is 11.6. The molecule has 16 heavy (non-hydrogen) atoms. The Morgan fingerprint density at radius 2 is 1.81 bits per heavy atom. The lowest BCUT2D eigenvalue weighted by molar-refractivity contribution is 0.483. The van der Waals surface area contributed by atoms with Gasteiger partial charge < -0.3 is 5.32 Å². The Morgan fingerprint density at radius 1 is 1.12 bits per heavy atom. The number of hydrogen-bond acceptors (Lipinski definition) is 3. The van der Waals surface area contributed by atoms with Crippen LogP contribution in [0.2, 0.25) is 0 Å². The Balaban J connectivity index is 4.14. The van der Waals surface area contributed by atoms with Crippen LogP contribution in [0.5, 0.6) is 0 Å². The molecule has 0 aliphatic carbocycles. The lowest BCUT2D eigenvalue weighted by atomic mass is 10.1. The highest BCUT2D eigenvalue weighted by molar-refractivity contribution is 7.89. The molecule has 0 bridgehead atoms. The van der Waals surface area contributed by atoms with Crippen molar-refractivity contribution in [1.82, 2.24) is 10.0 Å². The smallest absolute Gasteiger partial charge is 0.213 e. The number of unbranched alkanes of at least 4 members (excludes halogenated alkanes) is 1. The molecule has 1 atom stereocenters. The van der Waals surface area contributed by atoms with Gasteiger partial charge in [0.2, 0.25) is 10.0 Å². The van der Waals surface area contributed by atoms with Crippen molar-refractivity contribution in [3.8, 4) is 0 Å². The summed E-state index contributed by atoms with van der Waals surface area (Å²) in [5, 5.41) is 2.85. The molecule has 0 saturated carbocycles. The fraction of sp³-hybridized carbons (Fsp3) is 1.00. The maximum absolute atomic E-state index is 11.7. The molecule has 1 unspecified atom stereocenters. The molecule has 0 aliphatic rings. The Hall–Kier alpha value is -0.130. The average molecular weight is 250 g/mol. The molecule has 0 radical (unpaired) electrons. The summed E-state index contributed by atoms with van der Waals surface area (Å²) in [6.07, 6.45) is 5.09. The van der Waals surface area contributed by atoms with Gasteiger partial charge in [0.05, 0.1) is 5.75 Å². The van der Waals surface area contributed by atoms with Crippen molar-refractivity contribution in [3.05, 3.63) is 0 Å². The van der Waals surface area contributed by atoms with E-state index in [0.717, 1.165) is 32.1 Å². The molecule has 0 rings (SSSR count). The Morgan fingerprint density at radius 3 is 2.31 bits per heavy atom. The SMILES string of the molecule is CCCCC(CCC)NS(=O)(=O)CCNC. The van der Waals surface area contributed by atoms with Crippen LogP contribution in [-0.4, -0.2) is 33.8 Å². The van der Waals surface area contributed by atoms with Crippen LogP contribution >= 0.6 is 0 Å². The predicted molar refractivity (Wildman–Crippen MR) is 69.1 cm³/mol. The van der Waals surface area contributed by atoms with Crippen molar-refractivity contribution in [2.75, 3.05) is 19.3 Å². The van der Waals surface area contributed by atoms with Crippen LogP contribution in [0.4, 0.5) is 0 Å². The van der Waals surface area contributed by atoms with E-state index in [2.05, 4.69) is 23.9 Å². The van der Waals surface area contributed by atoms with Crippen LogP contribution in [0.15, 0.2) is 0 Å². The van der Waals surface area contributed by atoms with E-state index in [9.17, 15) is 8.42 Å². The van der Waals surface area contributed by atoms with Gasteiger partial charge in [-0.2, -0.15) is 0 Å². The molecule has 2 N–H and O–H groups in total. The molecular weight excluding hydrogens is 224 g/mol. The first-order chi connectivity index (χ1) is 7.55. The highest BCUT2D eigenvalue weighted by atomic mass is 32.2. The second-order valence-corrected chi connectivity index (χ2v) is 6.04. The molecule has 0 aromatic rings. The molecule has 0 spiro atoms. The minimum absolute atomic E-state index is 0.117. The number of hydrogen-bond donors (Lipinski definition) is 2. The summed E-state index contributed by atoms with van der Waals surface area (Å²) in [5.74, 6) is 0.163. The van der Waals surface area contributed by atoms with Crippen LogP contribution < -0.4 is 10.0 Å². The average Bonchev–Trinajstić information content (AvgIpc) is 2.23. The maximum Gasteiger partial charge on any atom is 0.213 e. The quantitative estimate of drug-likeness (QED) is 0.617. The summed E-state index contributed by atoms with van der Waals surface area (Å²) >= 11 is 0. The van der Waals surface area contributed by atoms with Crippen molar-refractivity contribution >= 4 is 10.0 Å². The van der Waals surface area contributed by atoms with Gasteiger partial charge in [-0.3, -0.25) is 0 Å². The molecule has 0 fully saturated rings. The Labute approximate surface area is 100 Å². The zero-order valence-electron chi connectivity index (χ0n) is 10.8. The third-order valence-corrected chi connectivity index (χ3v) is 3.94. The molecule has 0 aliphatic heterocycles. The lowest BCUT2D eigenvalue weighted by Crippen LogP contribution is -2.38. The predicted octanol–water partition coefficient (Wildman–Crippen LogP) is 1.48. The van der Waals surface area contributed by atoms with Gasteiger partial charge in [-0.1, -0.05) is 33.1 Å². The van der Waals surface area contributed by atoms with E-state index in [0.29, 0.717) is 6.54 Å². The first kappa shape index (κ1) is 15.9. The van der Waals surface area contributed by atoms with E-state index < -0.39 is 10.0 Å². The normalized spacial score (nSPS) is 13.9. The summed E-state index contributed by atoms with van der Waals surface area (Å²) in [7, 11) is -1.35. The second kappa shape index (κ2) is 8.96. The molecule has 98 valence electrons. The molecule has 0 heterocycles. The largest absolute Gasteiger partial charge is 0.319 e. The standard InChI is InChI=1S/C11H26N2O2S/c1-4-6-8-11(7-5-2)13-16(14,15)10-9-12-3/h11-13H,4-10H2,1-3H3. The van der Waals surface area contributed by atoms with Gasteiger partial charge in [-0.05, 0) is 19.9 Å². The van der Waals surface area contributed by atoms with Crippen LogP contribution in [0.3, 0.4) is 0 Å². The summed E-state index contributed by atoms with van der Waals surface area (Å²) in [5.41, 5.74) is 0. The summed E-state index contributed by atoms with van der Waals surface area (Å²) in [4.78, 5) is 0. The van der Waals surface area contributed by atoms with E-state index in [1.807, 2.05) is 0 Å². The Kier molecular flexibility index (Phi) is 8.89. The van der Waals surface area contributed by atoms with E-state index in [1.54, 1.807) is 7.05 Å².